The van der Waals surface area contributed by atoms with E-state index >= 15 is 0 Å². The number of aliphatic hydroxyl groups excluding tert-OH is 1. The molecule has 2 fully saturated rings. The molecule has 0 aromatic rings. The highest BCUT2D eigenvalue weighted by atomic mass is 16.3. The van der Waals surface area contributed by atoms with Gasteiger partial charge in [0, 0.05) is 31.7 Å². The van der Waals surface area contributed by atoms with Gasteiger partial charge in [0.05, 0.1) is 6.61 Å². The highest BCUT2D eigenvalue weighted by Crippen LogP contribution is 2.29. The summed E-state index contributed by atoms with van der Waals surface area (Å²) in [6, 6.07) is -0.343. The number of carbonyl (C=O) groups is 2. The Hall–Kier alpha value is -1.18. The summed E-state index contributed by atoms with van der Waals surface area (Å²) in [6.07, 6.45) is 1.16. The second kappa shape index (κ2) is 5.31. The van der Waals surface area contributed by atoms with E-state index in [1.165, 1.54) is 4.90 Å². The smallest absolute Gasteiger partial charge is 0.325 e. The predicted octanol–water partition coefficient (Wildman–Crippen LogP) is -0.898. The van der Waals surface area contributed by atoms with Gasteiger partial charge < -0.3 is 21.1 Å². The molecule has 0 aromatic carbocycles. The number of carbonyl (C=O) groups excluding carboxylic acids is 2. The molecule has 2 rings (SSSR count). The summed E-state index contributed by atoms with van der Waals surface area (Å²) < 4.78 is 0. The lowest BCUT2D eigenvalue weighted by Gasteiger charge is -2.37. The van der Waals surface area contributed by atoms with Gasteiger partial charge in [-0.1, -0.05) is 0 Å². The van der Waals surface area contributed by atoms with Crippen molar-refractivity contribution in [3.05, 3.63) is 0 Å². The lowest BCUT2D eigenvalue weighted by Crippen LogP contribution is -2.55. The van der Waals surface area contributed by atoms with Crippen LogP contribution in [0.3, 0.4) is 0 Å². The van der Waals surface area contributed by atoms with Crippen LogP contribution >= 0.6 is 0 Å². The van der Waals surface area contributed by atoms with Crippen LogP contribution in [0, 0.1) is 0 Å². The molecule has 0 aliphatic carbocycles. The van der Waals surface area contributed by atoms with Crippen LogP contribution in [0.25, 0.3) is 0 Å². The molecule has 0 saturated carbocycles. The van der Waals surface area contributed by atoms with E-state index in [4.69, 9.17) is 10.8 Å². The minimum absolute atomic E-state index is 0.112. The number of nitrogens with zero attached hydrogens (tertiary/aromatic N) is 2. The second-order valence-electron chi connectivity index (χ2n) is 6.46. The molecule has 3 amide bonds. The van der Waals surface area contributed by atoms with Gasteiger partial charge in [-0.15, -0.1) is 0 Å². The molecule has 114 valence electrons. The molecule has 7 nitrogen and oxygen atoms in total. The van der Waals surface area contributed by atoms with Gasteiger partial charge in [-0.3, -0.25) is 9.69 Å². The fourth-order valence-electron chi connectivity index (χ4n) is 2.87. The molecule has 7 heteroatoms. The van der Waals surface area contributed by atoms with E-state index in [9.17, 15) is 9.59 Å². The number of hydrogen-bond donors (Lipinski definition) is 3. The van der Waals surface area contributed by atoms with Gasteiger partial charge in [-0.05, 0) is 26.7 Å². The van der Waals surface area contributed by atoms with Crippen LogP contribution < -0.4 is 11.1 Å². The number of β-amino-alcohol motifs (C(OH)–C–C–N with tert-alkyl or cyclic N) is 1. The summed E-state index contributed by atoms with van der Waals surface area (Å²) in [5.74, 6) is -0.162. The van der Waals surface area contributed by atoms with Crippen molar-refractivity contribution < 1.29 is 14.7 Å². The third-order valence-electron chi connectivity index (χ3n) is 3.94. The minimum Gasteiger partial charge on any atom is -0.395 e. The molecule has 2 saturated heterocycles. The zero-order chi connectivity index (χ0) is 15.0. The number of piperidine rings is 1. The van der Waals surface area contributed by atoms with Crippen molar-refractivity contribution in [1.29, 1.82) is 0 Å². The maximum Gasteiger partial charge on any atom is 0.325 e. The normalized spacial score (nSPS) is 23.5. The van der Waals surface area contributed by atoms with Crippen LogP contribution in [0.5, 0.6) is 0 Å². The molecule has 0 radical (unpaired) electrons. The number of rotatable bonds is 4. The fourth-order valence-corrected chi connectivity index (χ4v) is 2.87. The maximum atomic E-state index is 12.6. The summed E-state index contributed by atoms with van der Waals surface area (Å²) in [5, 5.41) is 11.8. The van der Waals surface area contributed by atoms with Gasteiger partial charge in [0.1, 0.15) is 5.54 Å². The number of amides is 3. The van der Waals surface area contributed by atoms with Gasteiger partial charge in [0.15, 0.2) is 0 Å². The van der Waals surface area contributed by atoms with E-state index < -0.39 is 11.1 Å². The van der Waals surface area contributed by atoms with Gasteiger partial charge in [0.25, 0.3) is 5.91 Å². The van der Waals surface area contributed by atoms with Crippen molar-refractivity contribution in [1.82, 2.24) is 15.1 Å². The van der Waals surface area contributed by atoms with Crippen LogP contribution in [-0.4, -0.2) is 70.7 Å². The number of imide groups is 1. The Kier molecular flexibility index (Phi) is 4.04. The third-order valence-corrected chi connectivity index (χ3v) is 3.94. The molecule has 0 aromatic heterocycles. The molecular weight excluding hydrogens is 260 g/mol. The molecule has 20 heavy (non-hydrogen) atoms. The Balaban J connectivity index is 2.05. The van der Waals surface area contributed by atoms with Gasteiger partial charge >= 0.3 is 6.03 Å². The summed E-state index contributed by atoms with van der Waals surface area (Å²) in [4.78, 5) is 27.9. The largest absolute Gasteiger partial charge is 0.395 e. The lowest BCUT2D eigenvalue weighted by atomic mass is 9.87. The van der Waals surface area contributed by atoms with Crippen molar-refractivity contribution in [3.8, 4) is 0 Å². The van der Waals surface area contributed by atoms with Crippen LogP contribution in [-0.2, 0) is 4.79 Å². The number of urea groups is 1. The maximum absolute atomic E-state index is 12.6. The topological polar surface area (TPSA) is 98.9 Å². The Morgan fingerprint density at radius 3 is 2.45 bits per heavy atom. The predicted molar refractivity (Wildman–Crippen MR) is 74.0 cm³/mol. The second-order valence-corrected chi connectivity index (χ2v) is 6.46. The zero-order valence-electron chi connectivity index (χ0n) is 12.2. The van der Waals surface area contributed by atoms with Crippen LogP contribution in [0.4, 0.5) is 4.79 Å². The molecule has 2 aliphatic heterocycles. The molecule has 2 aliphatic rings. The Labute approximate surface area is 119 Å². The van der Waals surface area contributed by atoms with E-state index in [0.29, 0.717) is 32.5 Å². The average Bonchev–Trinajstić information content (AvgIpc) is 2.56. The summed E-state index contributed by atoms with van der Waals surface area (Å²) >= 11 is 0. The van der Waals surface area contributed by atoms with E-state index in [1.54, 1.807) is 13.8 Å². The van der Waals surface area contributed by atoms with Crippen LogP contribution in [0.2, 0.25) is 0 Å². The Morgan fingerprint density at radius 1 is 1.35 bits per heavy atom. The first-order valence-electron chi connectivity index (χ1n) is 7.04. The van der Waals surface area contributed by atoms with Crippen molar-refractivity contribution >= 4 is 11.9 Å². The minimum atomic E-state index is -0.770. The van der Waals surface area contributed by atoms with E-state index in [0.717, 1.165) is 0 Å². The number of likely N-dealkylation sites (tertiary alicyclic amines) is 1. The fraction of sp³-hybridized carbons (Fsp3) is 0.846. The molecule has 2 heterocycles. The van der Waals surface area contributed by atoms with E-state index in [1.807, 2.05) is 0 Å². The molecule has 0 atom stereocenters. The zero-order valence-corrected chi connectivity index (χ0v) is 12.2. The summed E-state index contributed by atoms with van der Waals surface area (Å²) in [7, 11) is 0. The van der Waals surface area contributed by atoms with Crippen molar-refractivity contribution in [2.24, 2.45) is 5.73 Å². The highest BCUT2D eigenvalue weighted by molar-refractivity contribution is 6.07. The first-order valence-corrected chi connectivity index (χ1v) is 7.04. The molecule has 0 bridgehead atoms. The summed E-state index contributed by atoms with van der Waals surface area (Å²) in [5.41, 5.74) is 4.54. The van der Waals surface area contributed by atoms with E-state index in [2.05, 4.69) is 10.2 Å². The van der Waals surface area contributed by atoms with Gasteiger partial charge in [-0.25, -0.2) is 4.79 Å². The SMILES string of the molecule is CC(C)(N)CN1C(=O)NC2(CCN(CCO)CC2)C1=O. The first-order chi connectivity index (χ1) is 9.27. The lowest BCUT2D eigenvalue weighted by molar-refractivity contribution is -0.133. The van der Waals surface area contributed by atoms with E-state index in [-0.39, 0.29) is 25.1 Å². The number of nitrogens with two attached hydrogens (primary N) is 1. The average molecular weight is 284 g/mol. The molecule has 0 unspecified atom stereocenters. The molecular formula is C13H24N4O3. The van der Waals surface area contributed by atoms with Crippen molar-refractivity contribution in [2.45, 2.75) is 37.8 Å². The monoisotopic (exact) mass is 284 g/mol. The highest BCUT2D eigenvalue weighted by Gasteiger charge is 2.52. The van der Waals surface area contributed by atoms with Crippen LogP contribution in [0.15, 0.2) is 0 Å². The summed E-state index contributed by atoms with van der Waals surface area (Å²) in [6.45, 7) is 5.93. The number of hydrogen-bond acceptors (Lipinski definition) is 5. The van der Waals surface area contributed by atoms with Gasteiger partial charge in [0.2, 0.25) is 0 Å². The third kappa shape index (κ3) is 2.94. The number of nitrogens with one attached hydrogen (secondary N) is 1. The standard InChI is InChI=1S/C13H24N4O3/c1-12(2,14)9-17-10(19)13(15-11(17)20)3-5-16(6-4-13)7-8-18/h18H,3-9,14H2,1-2H3,(H,15,20). The Bertz CT molecular complexity index is 397. The quantitative estimate of drug-likeness (QED) is 0.581. The molecule has 4 N–H and O–H groups in total. The van der Waals surface area contributed by atoms with Gasteiger partial charge in [-0.2, -0.15) is 0 Å². The van der Waals surface area contributed by atoms with Crippen molar-refractivity contribution in [2.75, 3.05) is 32.8 Å². The number of aliphatic hydroxyl groups is 1. The van der Waals surface area contributed by atoms with Crippen molar-refractivity contribution in [3.63, 3.8) is 0 Å². The molecule has 1 spiro atoms. The first kappa shape index (κ1) is 15.2. The Morgan fingerprint density at radius 2 is 1.95 bits per heavy atom. The van der Waals surface area contributed by atoms with Crippen LogP contribution in [0.1, 0.15) is 26.7 Å².